The molecule has 98 valence electrons. The van der Waals surface area contributed by atoms with E-state index >= 15 is 0 Å². The summed E-state index contributed by atoms with van der Waals surface area (Å²) in [5.74, 6) is 4.24. The summed E-state index contributed by atoms with van der Waals surface area (Å²) in [5.41, 5.74) is 2.97. The van der Waals surface area contributed by atoms with E-state index in [1.54, 1.807) is 12.1 Å². The Labute approximate surface area is 123 Å². The molecule has 0 saturated heterocycles. The number of nitrogens with one attached hydrogen (secondary N) is 2. The van der Waals surface area contributed by atoms with E-state index in [4.69, 9.17) is 5.84 Å². The Morgan fingerprint density at radius 3 is 2.47 bits per heavy atom. The van der Waals surface area contributed by atoms with E-state index in [1.165, 1.54) is 18.2 Å². The van der Waals surface area contributed by atoms with E-state index < -0.39 is 11.7 Å². The molecule has 4 N–H and O–H groups in total. The van der Waals surface area contributed by atoms with Crippen molar-refractivity contribution in [1.29, 1.82) is 0 Å². The summed E-state index contributed by atoms with van der Waals surface area (Å²) >= 11 is 2.17. The molecule has 0 bridgehead atoms. The molecule has 2 aromatic rings. The number of halogens is 2. The second-order valence-electron chi connectivity index (χ2n) is 3.77. The monoisotopic (exact) mass is 371 g/mol. The van der Waals surface area contributed by atoms with Crippen LogP contribution in [0, 0.1) is 9.39 Å². The van der Waals surface area contributed by atoms with Crippen LogP contribution in [-0.4, -0.2) is 5.91 Å². The van der Waals surface area contributed by atoms with Crippen molar-refractivity contribution in [3.8, 4) is 0 Å². The quantitative estimate of drug-likeness (QED) is 0.442. The Balaban J connectivity index is 2.25. The maximum absolute atomic E-state index is 13.5. The largest absolute Gasteiger partial charge is 0.322 e. The second kappa shape index (κ2) is 5.98. The number of nitrogen functional groups attached to an aromatic ring is 1. The number of para-hydroxylation sites is 1. The van der Waals surface area contributed by atoms with Crippen LogP contribution < -0.4 is 16.6 Å². The van der Waals surface area contributed by atoms with E-state index in [-0.39, 0.29) is 11.3 Å². The molecule has 4 nitrogen and oxygen atoms in total. The summed E-state index contributed by atoms with van der Waals surface area (Å²) in [7, 11) is 0. The average Bonchev–Trinajstić information content (AvgIpc) is 2.41. The molecule has 6 heteroatoms. The van der Waals surface area contributed by atoms with Crippen molar-refractivity contribution >= 4 is 39.9 Å². The Morgan fingerprint density at radius 1 is 1.16 bits per heavy atom. The maximum Gasteiger partial charge on any atom is 0.257 e. The van der Waals surface area contributed by atoms with Gasteiger partial charge in [-0.2, -0.15) is 0 Å². The zero-order valence-corrected chi connectivity index (χ0v) is 11.9. The van der Waals surface area contributed by atoms with Crippen molar-refractivity contribution in [3.05, 3.63) is 57.4 Å². The van der Waals surface area contributed by atoms with Crippen LogP contribution in [0.25, 0.3) is 0 Å². The number of amides is 1. The summed E-state index contributed by atoms with van der Waals surface area (Å²) in [6, 6.07) is 11.5. The van der Waals surface area contributed by atoms with E-state index in [0.29, 0.717) is 5.69 Å². The van der Waals surface area contributed by atoms with Gasteiger partial charge in [-0.3, -0.25) is 10.6 Å². The van der Waals surface area contributed by atoms with Gasteiger partial charge in [0.15, 0.2) is 0 Å². The van der Waals surface area contributed by atoms with Crippen LogP contribution in [0.4, 0.5) is 15.8 Å². The number of rotatable bonds is 3. The third-order valence-electron chi connectivity index (χ3n) is 2.50. The topological polar surface area (TPSA) is 67.1 Å². The zero-order valence-electron chi connectivity index (χ0n) is 9.78. The number of hydrogen-bond donors (Lipinski definition) is 3. The molecule has 0 radical (unpaired) electrons. The minimum Gasteiger partial charge on any atom is -0.322 e. The Morgan fingerprint density at radius 2 is 1.84 bits per heavy atom. The van der Waals surface area contributed by atoms with Gasteiger partial charge in [0.25, 0.3) is 5.91 Å². The molecule has 0 fully saturated rings. The minimum atomic E-state index is -0.572. The Kier molecular flexibility index (Phi) is 4.33. The lowest BCUT2D eigenvalue weighted by molar-refractivity contribution is 0.102. The van der Waals surface area contributed by atoms with Gasteiger partial charge in [-0.05, 0) is 59.0 Å². The number of benzene rings is 2. The van der Waals surface area contributed by atoms with Crippen LogP contribution in [0.3, 0.4) is 0 Å². The van der Waals surface area contributed by atoms with Crippen molar-refractivity contribution in [1.82, 2.24) is 0 Å². The highest BCUT2D eigenvalue weighted by Gasteiger charge is 2.14. The first kappa shape index (κ1) is 13.8. The van der Waals surface area contributed by atoms with Crippen LogP contribution in [-0.2, 0) is 0 Å². The summed E-state index contributed by atoms with van der Waals surface area (Å²) in [6.07, 6.45) is 0. The van der Waals surface area contributed by atoms with Crippen molar-refractivity contribution in [3.63, 3.8) is 0 Å². The number of nitrogens with two attached hydrogens (primary N) is 1. The van der Waals surface area contributed by atoms with Crippen molar-refractivity contribution < 1.29 is 9.18 Å². The van der Waals surface area contributed by atoms with E-state index in [2.05, 4.69) is 33.3 Å². The number of hydrazine groups is 1. The fraction of sp³-hybridized carbons (Fsp3) is 0. The molecule has 0 unspecified atom stereocenters. The molecule has 2 rings (SSSR count). The molecule has 0 spiro atoms. The minimum absolute atomic E-state index is 0.0227. The lowest BCUT2D eigenvalue weighted by Gasteiger charge is -2.10. The van der Waals surface area contributed by atoms with Crippen LogP contribution in [0.2, 0.25) is 0 Å². The normalized spacial score (nSPS) is 10.1. The third-order valence-corrected chi connectivity index (χ3v) is 3.22. The van der Waals surface area contributed by atoms with Gasteiger partial charge < -0.3 is 10.7 Å². The first-order valence-electron chi connectivity index (χ1n) is 5.44. The van der Waals surface area contributed by atoms with E-state index in [0.717, 1.165) is 3.57 Å². The molecule has 2 aromatic carbocycles. The van der Waals surface area contributed by atoms with E-state index in [1.807, 2.05) is 12.1 Å². The van der Waals surface area contributed by atoms with Crippen LogP contribution >= 0.6 is 22.6 Å². The molecule has 0 aromatic heterocycles. The fourth-order valence-electron chi connectivity index (χ4n) is 1.59. The zero-order chi connectivity index (χ0) is 13.8. The highest BCUT2D eigenvalue weighted by atomic mass is 127. The van der Waals surface area contributed by atoms with Crippen molar-refractivity contribution in [2.45, 2.75) is 0 Å². The van der Waals surface area contributed by atoms with E-state index in [9.17, 15) is 9.18 Å². The first-order valence-corrected chi connectivity index (χ1v) is 6.51. The lowest BCUT2D eigenvalue weighted by Crippen LogP contribution is -2.18. The molecule has 0 atom stereocenters. The molecule has 1 amide bonds. The highest BCUT2D eigenvalue weighted by Crippen LogP contribution is 2.20. The molecule has 0 aliphatic rings. The number of anilines is 2. The van der Waals surface area contributed by atoms with Gasteiger partial charge in [-0.1, -0.05) is 6.07 Å². The number of hydrogen-bond acceptors (Lipinski definition) is 3. The van der Waals surface area contributed by atoms with Gasteiger partial charge in [0.2, 0.25) is 0 Å². The van der Waals surface area contributed by atoms with Gasteiger partial charge in [0.1, 0.15) is 5.82 Å². The standard InChI is InChI=1S/C13H11FIN3O/c14-11-3-1-2-10(12(11)18-16)13(19)17-9-6-4-8(15)5-7-9/h1-7,18H,16H2,(H,17,19). The molecular formula is C13H11FIN3O. The predicted molar refractivity (Wildman–Crippen MR) is 81.3 cm³/mol. The number of carbonyl (C=O) groups excluding carboxylic acids is 1. The Hall–Kier alpha value is -1.67. The van der Waals surface area contributed by atoms with Crippen LogP contribution in [0.15, 0.2) is 42.5 Å². The van der Waals surface area contributed by atoms with Crippen molar-refractivity contribution in [2.75, 3.05) is 10.7 Å². The smallest absolute Gasteiger partial charge is 0.257 e. The van der Waals surface area contributed by atoms with Crippen LogP contribution in [0.5, 0.6) is 0 Å². The van der Waals surface area contributed by atoms with Gasteiger partial charge in [0.05, 0.1) is 11.3 Å². The maximum atomic E-state index is 13.5. The van der Waals surface area contributed by atoms with Gasteiger partial charge in [0, 0.05) is 9.26 Å². The van der Waals surface area contributed by atoms with Gasteiger partial charge in [-0.15, -0.1) is 0 Å². The molecule has 0 aliphatic heterocycles. The van der Waals surface area contributed by atoms with Gasteiger partial charge in [-0.25, -0.2) is 4.39 Å². The molecule has 0 aliphatic carbocycles. The second-order valence-corrected chi connectivity index (χ2v) is 5.01. The van der Waals surface area contributed by atoms with Crippen LogP contribution in [0.1, 0.15) is 10.4 Å². The average molecular weight is 371 g/mol. The summed E-state index contributed by atoms with van der Waals surface area (Å²) in [5, 5.41) is 2.68. The summed E-state index contributed by atoms with van der Waals surface area (Å²) in [6.45, 7) is 0. The molecule has 0 heterocycles. The predicted octanol–water partition coefficient (Wildman–Crippen LogP) is 2.97. The summed E-state index contributed by atoms with van der Waals surface area (Å²) in [4.78, 5) is 12.1. The highest BCUT2D eigenvalue weighted by molar-refractivity contribution is 14.1. The molecular weight excluding hydrogens is 360 g/mol. The lowest BCUT2D eigenvalue weighted by atomic mass is 10.1. The fourth-order valence-corrected chi connectivity index (χ4v) is 1.95. The Bertz CT molecular complexity index is 601. The van der Waals surface area contributed by atoms with Gasteiger partial charge >= 0.3 is 0 Å². The van der Waals surface area contributed by atoms with Crippen molar-refractivity contribution in [2.24, 2.45) is 5.84 Å². The molecule has 19 heavy (non-hydrogen) atoms. The third kappa shape index (κ3) is 3.21. The number of carbonyl (C=O) groups is 1. The molecule has 0 saturated carbocycles. The first-order chi connectivity index (χ1) is 9.11. The SMILES string of the molecule is NNc1c(F)cccc1C(=O)Nc1ccc(I)cc1. The summed E-state index contributed by atoms with van der Waals surface area (Å²) < 4.78 is 14.5.